The zero-order chi connectivity index (χ0) is 14.2. The van der Waals surface area contributed by atoms with Crippen LogP contribution in [0.15, 0.2) is 12.3 Å². The monoisotopic (exact) mass is 284 g/mol. The maximum atomic E-state index is 12.4. The second kappa shape index (κ2) is 5.25. The van der Waals surface area contributed by atoms with E-state index in [-0.39, 0.29) is 5.91 Å². The molecule has 0 saturated carbocycles. The van der Waals surface area contributed by atoms with Gasteiger partial charge in [-0.05, 0) is 24.8 Å². The molecule has 1 amide bonds. The van der Waals surface area contributed by atoms with E-state index in [4.69, 9.17) is 11.6 Å². The summed E-state index contributed by atoms with van der Waals surface area (Å²) in [4.78, 5) is 25.2. The summed E-state index contributed by atoms with van der Waals surface area (Å²) in [5.74, 6) is -0.893. The molecule has 1 fully saturated rings. The molecule has 0 aliphatic carbocycles. The van der Waals surface area contributed by atoms with Crippen molar-refractivity contribution in [2.24, 2.45) is 13.0 Å². The number of piperidine rings is 1. The zero-order valence-corrected chi connectivity index (χ0v) is 11.7. The zero-order valence-electron chi connectivity index (χ0n) is 11.0. The summed E-state index contributed by atoms with van der Waals surface area (Å²) in [6.07, 6.45) is 2.96. The van der Waals surface area contributed by atoms with E-state index in [0.717, 1.165) is 6.42 Å². The van der Waals surface area contributed by atoms with Gasteiger partial charge in [-0.15, -0.1) is 0 Å². The number of carbonyl (C=O) groups is 2. The first-order chi connectivity index (χ1) is 8.90. The maximum Gasteiger partial charge on any atom is 0.326 e. The van der Waals surface area contributed by atoms with Crippen LogP contribution < -0.4 is 0 Å². The van der Waals surface area contributed by atoms with Gasteiger partial charge in [0.2, 0.25) is 0 Å². The van der Waals surface area contributed by atoms with Gasteiger partial charge in [0, 0.05) is 19.8 Å². The Hall–Kier alpha value is -1.49. The van der Waals surface area contributed by atoms with E-state index in [1.54, 1.807) is 23.9 Å². The highest BCUT2D eigenvalue weighted by Crippen LogP contribution is 2.25. The van der Waals surface area contributed by atoms with Crippen LogP contribution in [0.2, 0.25) is 5.02 Å². The van der Waals surface area contributed by atoms with E-state index in [2.05, 4.69) is 0 Å². The van der Waals surface area contributed by atoms with Crippen molar-refractivity contribution in [3.05, 3.63) is 23.0 Å². The Morgan fingerprint density at radius 1 is 1.47 bits per heavy atom. The average Bonchev–Trinajstić information content (AvgIpc) is 2.67. The number of aryl methyl sites for hydroxylation is 1. The molecule has 2 unspecified atom stereocenters. The molecular formula is C13H17ClN2O3. The van der Waals surface area contributed by atoms with Gasteiger partial charge in [0.1, 0.15) is 11.7 Å². The lowest BCUT2D eigenvalue weighted by Gasteiger charge is -2.36. The highest BCUT2D eigenvalue weighted by Gasteiger charge is 2.35. The van der Waals surface area contributed by atoms with Crippen molar-refractivity contribution in [2.75, 3.05) is 6.54 Å². The molecule has 1 N–H and O–H groups in total. The number of hydrogen-bond acceptors (Lipinski definition) is 2. The number of nitrogens with zero attached hydrogens (tertiary/aromatic N) is 2. The average molecular weight is 285 g/mol. The van der Waals surface area contributed by atoms with E-state index >= 15 is 0 Å². The van der Waals surface area contributed by atoms with Crippen molar-refractivity contribution in [2.45, 2.75) is 25.8 Å². The van der Waals surface area contributed by atoms with Gasteiger partial charge in [0.05, 0.1) is 5.02 Å². The minimum Gasteiger partial charge on any atom is -0.480 e. The molecule has 2 heterocycles. The van der Waals surface area contributed by atoms with Gasteiger partial charge in [-0.2, -0.15) is 0 Å². The number of aromatic nitrogens is 1. The fraction of sp³-hybridized carbons (Fsp3) is 0.538. The van der Waals surface area contributed by atoms with Crippen LogP contribution >= 0.6 is 11.6 Å². The lowest BCUT2D eigenvalue weighted by molar-refractivity contribution is -0.144. The fourth-order valence-electron chi connectivity index (χ4n) is 2.50. The molecule has 6 heteroatoms. The van der Waals surface area contributed by atoms with Crippen LogP contribution in [0.3, 0.4) is 0 Å². The Balaban J connectivity index is 2.26. The molecule has 5 nitrogen and oxygen atoms in total. The Bertz CT molecular complexity index is 512. The molecule has 0 aromatic carbocycles. The Labute approximate surface area is 116 Å². The van der Waals surface area contributed by atoms with E-state index < -0.39 is 12.0 Å². The van der Waals surface area contributed by atoms with Crippen molar-refractivity contribution >= 4 is 23.5 Å². The van der Waals surface area contributed by atoms with Crippen LogP contribution in [0.5, 0.6) is 0 Å². The van der Waals surface area contributed by atoms with Crippen molar-refractivity contribution in [3.63, 3.8) is 0 Å². The molecule has 1 saturated heterocycles. The number of amides is 1. The first-order valence-corrected chi connectivity index (χ1v) is 6.63. The second-order valence-corrected chi connectivity index (χ2v) is 5.57. The molecule has 1 aromatic rings. The van der Waals surface area contributed by atoms with Gasteiger partial charge in [0.25, 0.3) is 5.91 Å². The highest BCUT2D eigenvalue weighted by molar-refractivity contribution is 6.31. The van der Waals surface area contributed by atoms with Crippen LogP contribution in [-0.4, -0.2) is 39.0 Å². The first-order valence-electron chi connectivity index (χ1n) is 6.25. The third-order valence-corrected chi connectivity index (χ3v) is 3.81. The SMILES string of the molecule is CC1CCN(C(=O)c2cc(Cl)cn2C)C(C(=O)O)C1. The third kappa shape index (κ3) is 2.76. The molecule has 2 rings (SSSR count). The van der Waals surface area contributed by atoms with Gasteiger partial charge in [-0.25, -0.2) is 4.79 Å². The molecule has 1 aliphatic rings. The highest BCUT2D eigenvalue weighted by atomic mass is 35.5. The topological polar surface area (TPSA) is 62.5 Å². The van der Waals surface area contributed by atoms with Crippen LogP contribution in [-0.2, 0) is 11.8 Å². The second-order valence-electron chi connectivity index (χ2n) is 5.14. The molecule has 1 aromatic heterocycles. The first kappa shape index (κ1) is 13.9. The standard InChI is InChI=1S/C13H17ClN2O3/c1-8-3-4-16(11(5-8)13(18)19)12(17)10-6-9(14)7-15(10)2/h6-8,11H,3-5H2,1-2H3,(H,18,19). The number of likely N-dealkylation sites (tertiary alicyclic amines) is 1. The van der Waals surface area contributed by atoms with Crippen LogP contribution in [0.25, 0.3) is 0 Å². The van der Waals surface area contributed by atoms with E-state index in [0.29, 0.717) is 29.6 Å². The molecule has 1 aliphatic heterocycles. The van der Waals surface area contributed by atoms with E-state index in [9.17, 15) is 14.7 Å². The maximum absolute atomic E-state index is 12.4. The van der Waals surface area contributed by atoms with Crippen molar-refractivity contribution in [3.8, 4) is 0 Å². The Kier molecular flexibility index (Phi) is 3.85. The molecule has 0 spiro atoms. The van der Waals surface area contributed by atoms with Crippen LogP contribution in [0.4, 0.5) is 0 Å². The number of carbonyl (C=O) groups excluding carboxylic acids is 1. The summed E-state index contributed by atoms with van der Waals surface area (Å²) in [5.41, 5.74) is 0.422. The van der Waals surface area contributed by atoms with Gasteiger partial charge in [0.15, 0.2) is 0 Å². The van der Waals surface area contributed by atoms with Gasteiger partial charge in [-0.1, -0.05) is 18.5 Å². The van der Waals surface area contributed by atoms with E-state index in [1.165, 1.54) is 4.90 Å². The van der Waals surface area contributed by atoms with Gasteiger partial charge >= 0.3 is 5.97 Å². The summed E-state index contributed by atoms with van der Waals surface area (Å²) in [6, 6.07) is 0.825. The molecule has 0 radical (unpaired) electrons. The number of halogens is 1. The molecular weight excluding hydrogens is 268 g/mol. The molecule has 19 heavy (non-hydrogen) atoms. The third-order valence-electron chi connectivity index (χ3n) is 3.60. The van der Waals surface area contributed by atoms with Gasteiger partial charge in [-0.3, -0.25) is 4.79 Å². The van der Waals surface area contributed by atoms with Crippen molar-refractivity contribution in [1.29, 1.82) is 0 Å². The minimum atomic E-state index is -0.944. The molecule has 104 valence electrons. The normalized spacial score (nSPS) is 23.4. The number of carboxylic acid groups (broad SMARTS) is 1. The van der Waals surface area contributed by atoms with Gasteiger partial charge < -0.3 is 14.6 Å². The van der Waals surface area contributed by atoms with E-state index in [1.807, 2.05) is 6.92 Å². The molecule has 0 bridgehead atoms. The predicted octanol–water partition coefficient (Wildman–Crippen LogP) is 2.00. The predicted molar refractivity (Wildman–Crippen MR) is 71.3 cm³/mol. The van der Waals surface area contributed by atoms with Crippen molar-refractivity contribution < 1.29 is 14.7 Å². The smallest absolute Gasteiger partial charge is 0.326 e. The summed E-state index contributed by atoms with van der Waals surface area (Å²) < 4.78 is 1.63. The van der Waals surface area contributed by atoms with Crippen LogP contribution in [0, 0.1) is 5.92 Å². The summed E-state index contributed by atoms with van der Waals surface area (Å²) >= 11 is 5.86. The van der Waals surface area contributed by atoms with Crippen LogP contribution in [0.1, 0.15) is 30.3 Å². The molecule has 2 atom stereocenters. The largest absolute Gasteiger partial charge is 0.480 e. The van der Waals surface area contributed by atoms with Crippen molar-refractivity contribution in [1.82, 2.24) is 9.47 Å². The quantitative estimate of drug-likeness (QED) is 0.903. The fourth-order valence-corrected chi connectivity index (χ4v) is 2.75. The minimum absolute atomic E-state index is 0.270. The number of carboxylic acids is 1. The Morgan fingerprint density at radius 3 is 2.68 bits per heavy atom. The Morgan fingerprint density at radius 2 is 2.16 bits per heavy atom. The summed E-state index contributed by atoms with van der Waals surface area (Å²) in [7, 11) is 1.72. The number of hydrogen-bond donors (Lipinski definition) is 1. The number of aliphatic carboxylic acids is 1. The lowest BCUT2D eigenvalue weighted by Crippen LogP contribution is -2.50. The summed E-state index contributed by atoms with van der Waals surface area (Å²) in [6.45, 7) is 2.48. The number of rotatable bonds is 2. The lowest BCUT2D eigenvalue weighted by atomic mass is 9.92. The summed E-state index contributed by atoms with van der Waals surface area (Å²) in [5, 5.41) is 9.75.